The second-order valence-corrected chi connectivity index (χ2v) is 4.16. The summed E-state index contributed by atoms with van der Waals surface area (Å²) in [6.07, 6.45) is 0.336. The summed E-state index contributed by atoms with van der Waals surface area (Å²) >= 11 is 11.8. The van der Waals surface area contributed by atoms with Crippen LogP contribution in [0.4, 0.5) is 5.69 Å². The van der Waals surface area contributed by atoms with Gasteiger partial charge in [0, 0.05) is 10.7 Å². The molecule has 1 aliphatic heterocycles. The third-order valence-corrected chi connectivity index (χ3v) is 2.61. The molecule has 1 aromatic carbocycles. The number of carbonyl (C=O) groups excluding carboxylic acids is 1. The summed E-state index contributed by atoms with van der Waals surface area (Å²) in [4.78, 5) is 11.6. The van der Waals surface area contributed by atoms with Crippen molar-refractivity contribution in [3.8, 4) is 0 Å². The summed E-state index contributed by atoms with van der Waals surface area (Å²) in [7, 11) is 0. The van der Waals surface area contributed by atoms with Gasteiger partial charge in [-0.3, -0.25) is 4.79 Å². The summed E-state index contributed by atoms with van der Waals surface area (Å²) in [6, 6.07) is 4.95. The van der Waals surface area contributed by atoms with Gasteiger partial charge in [0.2, 0.25) is 0 Å². The van der Waals surface area contributed by atoms with Crippen LogP contribution in [0.1, 0.15) is 13.3 Å². The number of hydrogen-bond donors (Lipinski definition) is 0. The molecule has 0 atom stereocenters. The van der Waals surface area contributed by atoms with E-state index >= 15 is 0 Å². The van der Waals surface area contributed by atoms with Crippen LogP contribution in [0.2, 0.25) is 10.0 Å². The Bertz CT molecular complexity index is 457. The Morgan fingerprint density at radius 2 is 2.13 bits per heavy atom. The highest BCUT2D eigenvalue weighted by atomic mass is 35.5. The zero-order valence-corrected chi connectivity index (χ0v) is 9.51. The smallest absolute Gasteiger partial charge is 0.253 e. The topological polar surface area (TPSA) is 32.7 Å². The maximum atomic E-state index is 11.6. The number of amides is 1. The zero-order chi connectivity index (χ0) is 11.0. The van der Waals surface area contributed by atoms with E-state index in [0.29, 0.717) is 22.2 Å². The van der Waals surface area contributed by atoms with Crippen molar-refractivity contribution in [3.05, 3.63) is 28.2 Å². The predicted octanol–water partition coefficient (Wildman–Crippen LogP) is 3.11. The number of hydrogen-bond acceptors (Lipinski definition) is 2. The van der Waals surface area contributed by atoms with Crippen LogP contribution in [0.3, 0.4) is 0 Å². The normalized spacial score (nSPS) is 15.8. The minimum absolute atomic E-state index is 0.0864. The Labute approximate surface area is 97.3 Å². The van der Waals surface area contributed by atoms with Crippen molar-refractivity contribution in [1.82, 2.24) is 0 Å². The molecule has 0 aliphatic carbocycles. The van der Waals surface area contributed by atoms with Crippen molar-refractivity contribution in [3.63, 3.8) is 0 Å². The molecule has 1 amide bonds. The Morgan fingerprint density at radius 1 is 1.40 bits per heavy atom. The fourth-order valence-electron chi connectivity index (χ4n) is 1.39. The lowest BCUT2D eigenvalue weighted by Gasteiger charge is -2.13. The molecule has 1 aromatic rings. The lowest BCUT2D eigenvalue weighted by atomic mass is 10.3. The molecule has 0 radical (unpaired) electrons. The third kappa shape index (κ3) is 1.98. The van der Waals surface area contributed by atoms with E-state index in [0.717, 1.165) is 5.71 Å². The first-order chi connectivity index (χ1) is 7.08. The minimum atomic E-state index is -0.0864. The van der Waals surface area contributed by atoms with Crippen molar-refractivity contribution < 1.29 is 4.79 Å². The van der Waals surface area contributed by atoms with Gasteiger partial charge in [0.05, 0.1) is 17.1 Å². The van der Waals surface area contributed by atoms with Crippen LogP contribution in [-0.4, -0.2) is 11.6 Å². The summed E-state index contributed by atoms with van der Waals surface area (Å²) < 4.78 is 0. The van der Waals surface area contributed by atoms with Crippen molar-refractivity contribution in [2.75, 3.05) is 5.01 Å². The third-order valence-electron chi connectivity index (χ3n) is 2.05. The number of halogens is 2. The highest BCUT2D eigenvalue weighted by Gasteiger charge is 2.24. The molecule has 0 saturated carbocycles. The number of hydrazone groups is 1. The first kappa shape index (κ1) is 10.5. The average Bonchev–Trinajstić information content (AvgIpc) is 2.50. The molecular formula is C10H8Cl2N2O. The standard InChI is InChI=1S/C10H8Cl2N2O/c1-6-4-10(15)14(13-6)9-5-7(11)2-3-8(9)12/h2-3,5H,4H2,1H3. The molecule has 1 heterocycles. The lowest BCUT2D eigenvalue weighted by molar-refractivity contribution is -0.116. The van der Waals surface area contributed by atoms with Gasteiger partial charge in [-0.2, -0.15) is 10.1 Å². The van der Waals surface area contributed by atoms with Crippen LogP contribution >= 0.6 is 23.2 Å². The Hall–Kier alpha value is -1.06. The minimum Gasteiger partial charge on any atom is -0.272 e. The van der Waals surface area contributed by atoms with E-state index in [9.17, 15) is 4.79 Å². The maximum absolute atomic E-state index is 11.6. The van der Waals surface area contributed by atoms with Gasteiger partial charge in [-0.05, 0) is 25.1 Å². The van der Waals surface area contributed by atoms with E-state index in [2.05, 4.69) is 5.10 Å². The molecule has 0 aromatic heterocycles. The van der Waals surface area contributed by atoms with E-state index in [4.69, 9.17) is 23.2 Å². The number of anilines is 1. The monoisotopic (exact) mass is 242 g/mol. The fraction of sp³-hybridized carbons (Fsp3) is 0.200. The van der Waals surface area contributed by atoms with Crippen molar-refractivity contribution in [2.45, 2.75) is 13.3 Å². The van der Waals surface area contributed by atoms with Crippen LogP contribution in [0.5, 0.6) is 0 Å². The quantitative estimate of drug-likeness (QED) is 0.745. The SMILES string of the molecule is CC1=NN(c2cc(Cl)ccc2Cl)C(=O)C1. The van der Waals surface area contributed by atoms with Gasteiger partial charge >= 0.3 is 0 Å². The fourth-order valence-corrected chi connectivity index (χ4v) is 1.76. The van der Waals surface area contributed by atoms with Crippen LogP contribution in [-0.2, 0) is 4.79 Å². The lowest BCUT2D eigenvalue weighted by Crippen LogP contribution is -2.19. The molecule has 3 nitrogen and oxygen atoms in total. The first-order valence-electron chi connectivity index (χ1n) is 4.40. The summed E-state index contributed by atoms with van der Waals surface area (Å²) in [5, 5.41) is 6.39. The van der Waals surface area contributed by atoms with E-state index in [1.807, 2.05) is 0 Å². The molecule has 1 aliphatic rings. The maximum Gasteiger partial charge on any atom is 0.253 e. The molecule has 5 heteroatoms. The number of carbonyl (C=O) groups is 1. The van der Waals surface area contributed by atoms with Gasteiger partial charge in [0.25, 0.3) is 5.91 Å². The average molecular weight is 243 g/mol. The summed E-state index contributed by atoms with van der Waals surface area (Å²) in [6.45, 7) is 1.80. The van der Waals surface area contributed by atoms with E-state index in [1.165, 1.54) is 5.01 Å². The van der Waals surface area contributed by atoms with Crippen molar-refractivity contribution >= 4 is 40.5 Å². The van der Waals surface area contributed by atoms with Crippen LogP contribution in [0.15, 0.2) is 23.3 Å². The summed E-state index contributed by atoms with van der Waals surface area (Å²) in [5.41, 5.74) is 1.31. The Balaban J connectivity index is 2.45. The molecule has 0 fully saturated rings. The van der Waals surface area contributed by atoms with Gasteiger partial charge in [-0.1, -0.05) is 23.2 Å². The van der Waals surface area contributed by atoms with E-state index in [1.54, 1.807) is 25.1 Å². The summed E-state index contributed by atoms with van der Waals surface area (Å²) in [5.74, 6) is -0.0864. The molecule has 0 unspecified atom stereocenters. The van der Waals surface area contributed by atoms with Gasteiger partial charge in [0.1, 0.15) is 0 Å². The van der Waals surface area contributed by atoms with Crippen LogP contribution in [0.25, 0.3) is 0 Å². The number of benzene rings is 1. The number of rotatable bonds is 1. The molecule has 0 saturated heterocycles. The van der Waals surface area contributed by atoms with Crippen LogP contribution in [0, 0.1) is 0 Å². The molecule has 0 bridgehead atoms. The van der Waals surface area contributed by atoms with Gasteiger partial charge in [-0.25, -0.2) is 0 Å². The van der Waals surface area contributed by atoms with E-state index < -0.39 is 0 Å². The number of nitrogens with zero attached hydrogens (tertiary/aromatic N) is 2. The molecule has 2 rings (SSSR count). The molecular weight excluding hydrogens is 235 g/mol. The van der Waals surface area contributed by atoms with Gasteiger partial charge in [0.15, 0.2) is 0 Å². The molecule has 0 N–H and O–H groups in total. The highest BCUT2D eigenvalue weighted by Crippen LogP contribution is 2.31. The zero-order valence-electron chi connectivity index (χ0n) is 8.00. The Kier molecular flexibility index (Phi) is 2.67. The van der Waals surface area contributed by atoms with Crippen molar-refractivity contribution in [1.29, 1.82) is 0 Å². The van der Waals surface area contributed by atoms with Gasteiger partial charge in [-0.15, -0.1) is 0 Å². The van der Waals surface area contributed by atoms with Gasteiger partial charge < -0.3 is 0 Å². The molecule has 0 spiro atoms. The van der Waals surface area contributed by atoms with E-state index in [-0.39, 0.29) is 5.91 Å². The Morgan fingerprint density at radius 3 is 2.73 bits per heavy atom. The van der Waals surface area contributed by atoms with Crippen molar-refractivity contribution in [2.24, 2.45) is 5.10 Å². The molecule has 78 valence electrons. The molecule has 15 heavy (non-hydrogen) atoms. The predicted molar refractivity (Wildman–Crippen MR) is 61.7 cm³/mol. The second-order valence-electron chi connectivity index (χ2n) is 3.31. The highest BCUT2D eigenvalue weighted by molar-refractivity contribution is 6.36. The first-order valence-corrected chi connectivity index (χ1v) is 5.15. The largest absolute Gasteiger partial charge is 0.272 e. The van der Waals surface area contributed by atoms with Crippen LogP contribution < -0.4 is 5.01 Å². The second kappa shape index (κ2) is 3.83.